The molecule has 0 saturated carbocycles. The Morgan fingerprint density at radius 3 is 2.21 bits per heavy atom. The third-order valence-electron chi connectivity index (χ3n) is 4.05. The maximum Gasteiger partial charge on any atom is 0.219 e. The summed E-state index contributed by atoms with van der Waals surface area (Å²) >= 11 is 7.04. The molecule has 0 aliphatic carbocycles. The van der Waals surface area contributed by atoms with E-state index >= 15 is 0 Å². The minimum absolute atomic E-state index is 1.10. The fourth-order valence-electron chi connectivity index (χ4n) is 2.80. The van der Waals surface area contributed by atoms with Crippen molar-refractivity contribution >= 4 is 60.3 Å². The Balaban J connectivity index is 1.80. The van der Waals surface area contributed by atoms with Crippen LogP contribution in [0.15, 0.2) is 82.0 Å². The van der Waals surface area contributed by atoms with Crippen molar-refractivity contribution in [1.82, 2.24) is 0 Å². The molecule has 0 aliphatic heterocycles. The minimum Gasteiger partial charge on any atom is -0.167 e. The SMILES string of the molecule is Brc1ccc(/C=C/c2cc[n+]3ccc4ccc(Br)cc4c3c2)cc1. The van der Waals surface area contributed by atoms with Gasteiger partial charge in [-0.1, -0.05) is 62.2 Å². The standard InChI is InChI=1S/C21H14Br2N/c22-18-6-3-15(4-7-18)1-2-16-9-11-24-12-10-17-5-8-19(23)14-20(17)21(24)13-16/h1-14H/q+1/b2-1+. The predicted molar refractivity (Wildman–Crippen MR) is 108 cm³/mol. The molecular weight excluding hydrogens is 426 g/mol. The van der Waals surface area contributed by atoms with Crippen LogP contribution in [0.3, 0.4) is 0 Å². The van der Waals surface area contributed by atoms with Gasteiger partial charge in [0.05, 0.1) is 5.39 Å². The smallest absolute Gasteiger partial charge is 0.167 e. The topological polar surface area (TPSA) is 4.10 Å². The van der Waals surface area contributed by atoms with Gasteiger partial charge in [-0.3, -0.25) is 0 Å². The number of hydrogen-bond acceptors (Lipinski definition) is 0. The fourth-order valence-corrected chi connectivity index (χ4v) is 3.43. The van der Waals surface area contributed by atoms with E-state index in [4.69, 9.17) is 0 Å². The molecule has 0 fully saturated rings. The Labute approximate surface area is 157 Å². The molecule has 0 spiro atoms. The maximum absolute atomic E-state index is 3.58. The van der Waals surface area contributed by atoms with Crippen LogP contribution in [-0.4, -0.2) is 0 Å². The molecule has 116 valence electrons. The third kappa shape index (κ3) is 3.14. The summed E-state index contributed by atoms with van der Waals surface area (Å²) in [5.74, 6) is 0. The second-order valence-electron chi connectivity index (χ2n) is 5.68. The molecule has 24 heavy (non-hydrogen) atoms. The molecule has 0 aliphatic rings. The van der Waals surface area contributed by atoms with E-state index in [1.807, 2.05) is 0 Å². The maximum atomic E-state index is 3.58. The number of nitrogens with zero attached hydrogens (tertiary/aromatic N) is 1. The summed E-state index contributed by atoms with van der Waals surface area (Å²) in [7, 11) is 0. The first-order valence-electron chi connectivity index (χ1n) is 7.66. The molecule has 4 aromatic rings. The van der Waals surface area contributed by atoms with Crippen LogP contribution in [0.5, 0.6) is 0 Å². The van der Waals surface area contributed by atoms with Crippen molar-refractivity contribution in [3.05, 3.63) is 93.1 Å². The molecule has 2 aromatic heterocycles. The van der Waals surface area contributed by atoms with Gasteiger partial charge in [0.15, 0.2) is 12.4 Å². The molecule has 0 bridgehead atoms. The average molecular weight is 440 g/mol. The zero-order chi connectivity index (χ0) is 16.5. The first-order valence-corrected chi connectivity index (χ1v) is 9.25. The third-order valence-corrected chi connectivity index (χ3v) is 5.08. The van der Waals surface area contributed by atoms with Crippen molar-refractivity contribution in [3.8, 4) is 0 Å². The highest BCUT2D eigenvalue weighted by Gasteiger charge is 2.08. The monoisotopic (exact) mass is 438 g/mol. The van der Waals surface area contributed by atoms with Gasteiger partial charge < -0.3 is 0 Å². The molecule has 0 N–H and O–H groups in total. The van der Waals surface area contributed by atoms with Crippen LogP contribution in [0.1, 0.15) is 11.1 Å². The van der Waals surface area contributed by atoms with Crippen LogP contribution in [0, 0.1) is 0 Å². The largest absolute Gasteiger partial charge is 0.219 e. The molecule has 0 atom stereocenters. The predicted octanol–water partition coefficient (Wildman–Crippen LogP) is 6.27. The van der Waals surface area contributed by atoms with E-state index in [1.54, 1.807) is 0 Å². The Morgan fingerprint density at radius 1 is 0.667 bits per heavy atom. The quantitative estimate of drug-likeness (QED) is 0.256. The van der Waals surface area contributed by atoms with E-state index in [9.17, 15) is 0 Å². The van der Waals surface area contributed by atoms with Gasteiger partial charge in [0, 0.05) is 27.1 Å². The van der Waals surface area contributed by atoms with Crippen molar-refractivity contribution < 1.29 is 4.40 Å². The summed E-state index contributed by atoms with van der Waals surface area (Å²) in [6, 6.07) is 21.2. The fraction of sp³-hybridized carbons (Fsp3) is 0. The van der Waals surface area contributed by atoms with Crippen molar-refractivity contribution in [3.63, 3.8) is 0 Å². The van der Waals surface area contributed by atoms with Gasteiger partial charge in [-0.25, -0.2) is 0 Å². The number of benzene rings is 2. The van der Waals surface area contributed by atoms with Gasteiger partial charge in [0.2, 0.25) is 5.52 Å². The number of pyridine rings is 2. The van der Waals surface area contributed by atoms with Crippen LogP contribution < -0.4 is 4.40 Å². The summed E-state index contributed by atoms with van der Waals surface area (Å²) in [4.78, 5) is 0. The molecule has 2 heterocycles. The lowest BCUT2D eigenvalue weighted by Crippen LogP contribution is -2.20. The average Bonchev–Trinajstić information content (AvgIpc) is 2.61. The van der Waals surface area contributed by atoms with Gasteiger partial charge in [0.25, 0.3) is 0 Å². The first kappa shape index (κ1) is 15.6. The Kier molecular flexibility index (Phi) is 4.21. The Morgan fingerprint density at radius 2 is 1.38 bits per heavy atom. The van der Waals surface area contributed by atoms with Crippen LogP contribution in [0.25, 0.3) is 28.4 Å². The van der Waals surface area contributed by atoms with Gasteiger partial charge in [0.1, 0.15) is 0 Å². The summed E-state index contributed by atoms with van der Waals surface area (Å²) in [6.45, 7) is 0. The van der Waals surface area contributed by atoms with E-state index in [0.717, 1.165) is 8.95 Å². The molecule has 0 unspecified atom stereocenters. The van der Waals surface area contributed by atoms with Gasteiger partial charge in [-0.2, -0.15) is 4.40 Å². The van der Waals surface area contributed by atoms with Crippen LogP contribution >= 0.6 is 31.9 Å². The summed E-state index contributed by atoms with van der Waals surface area (Å²) in [6.07, 6.45) is 8.50. The molecule has 0 radical (unpaired) electrons. The minimum atomic E-state index is 1.10. The van der Waals surface area contributed by atoms with Crippen molar-refractivity contribution in [2.45, 2.75) is 0 Å². The lowest BCUT2D eigenvalue weighted by molar-refractivity contribution is -0.510. The van der Waals surface area contributed by atoms with Crippen LogP contribution in [-0.2, 0) is 0 Å². The van der Waals surface area contributed by atoms with Gasteiger partial charge in [-0.05, 0) is 40.8 Å². The first-order chi connectivity index (χ1) is 11.7. The second-order valence-corrected chi connectivity index (χ2v) is 7.52. The number of aromatic nitrogens is 1. The number of hydrogen-bond donors (Lipinski definition) is 0. The second kappa shape index (κ2) is 6.50. The summed E-state index contributed by atoms with van der Waals surface area (Å²) in [5.41, 5.74) is 3.57. The lowest BCUT2D eigenvalue weighted by atomic mass is 10.1. The molecule has 0 amide bonds. The number of rotatable bonds is 2. The highest BCUT2D eigenvalue weighted by atomic mass is 79.9. The summed E-state index contributed by atoms with van der Waals surface area (Å²) in [5, 5.41) is 2.48. The number of halogens is 2. The highest BCUT2D eigenvalue weighted by Crippen LogP contribution is 2.23. The molecule has 0 saturated heterocycles. The van der Waals surface area contributed by atoms with E-state index < -0.39 is 0 Å². The Hall–Kier alpha value is -1.97. The zero-order valence-electron chi connectivity index (χ0n) is 12.8. The normalized spacial score (nSPS) is 11.6. The zero-order valence-corrected chi connectivity index (χ0v) is 16.0. The highest BCUT2D eigenvalue weighted by molar-refractivity contribution is 9.10. The van der Waals surface area contributed by atoms with E-state index in [0.29, 0.717) is 0 Å². The van der Waals surface area contributed by atoms with Crippen molar-refractivity contribution in [2.75, 3.05) is 0 Å². The van der Waals surface area contributed by atoms with Crippen molar-refractivity contribution in [1.29, 1.82) is 0 Å². The molecule has 3 heteroatoms. The molecular formula is C21H14Br2N+. The Bertz CT molecular complexity index is 1070. The van der Waals surface area contributed by atoms with E-state index in [-0.39, 0.29) is 0 Å². The molecule has 4 rings (SSSR count). The van der Waals surface area contributed by atoms with Gasteiger partial charge in [-0.15, -0.1) is 0 Å². The van der Waals surface area contributed by atoms with Crippen molar-refractivity contribution in [2.24, 2.45) is 0 Å². The lowest BCUT2D eigenvalue weighted by Gasteiger charge is -2.01. The summed E-state index contributed by atoms with van der Waals surface area (Å²) < 4.78 is 4.35. The van der Waals surface area contributed by atoms with E-state index in [1.165, 1.54) is 27.4 Å². The van der Waals surface area contributed by atoms with E-state index in [2.05, 4.69) is 121 Å². The van der Waals surface area contributed by atoms with Gasteiger partial charge >= 0.3 is 0 Å². The van der Waals surface area contributed by atoms with Crippen LogP contribution in [0.4, 0.5) is 0 Å². The molecule has 1 nitrogen and oxygen atoms in total. The van der Waals surface area contributed by atoms with Crippen LogP contribution in [0.2, 0.25) is 0 Å². The molecule has 2 aromatic carbocycles. The number of fused-ring (bicyclic) bond motifs is 3.